The first-order valence-corrected chi connectivity index (χ1v) is 3.04. The van der Waals surface area contributed by atoms with Gasteiger partial charge in [0.05, 0.1) is 0 Å². The largest absolute Gasteiger partial charge is 0.0859 e. The van der Waals surface area contributed by atoms with Gasteiger partial charge in [-0.25, -0.2) is 0 Å². The molecule has 1 heteroatoms. The highest BCUT2D eigenvalue weighted by Crippen LogP contribution is 2.18. The number of halogens is 1. The molecule has 0 amide bonds. The zero-order chi connectivity index (χ0) is 5.21. The van der Waals surface area contributed by atoms with Crippen LogP contribution in [0.3, 0.4) is 0 Å². The number of hydrogen-bond acceptors (Lipinski definition) is 0. The van der Waals surface area contributed by atoms with Gasteiger partial charge < -0.3 is 0 Å². The van der Waals surface area contributed by atoms with Crippen molar-refractivity contribution in [1.82, 2.24) is 0 Å². The van der Waals surface area contributed by atoms with Crippen LogP contribution in [0.4, 0.5) is 0 Å². The van der Waals surface area contributed by atoms with Gasteiger partial charge in [0.1, 0.15) is 0 Å². The molecule has 0 heterocycles. The lowest BCUT2D eigenvalue weighted by atomic mass is 10.2. The Morgan fingerprint density at radius 3 is 1.67 bits per heavy atom. The topological polar surface area (TPSA) is 0 Å². The van der Waals surface area contributed by atoms with Crippen LogP contribution >= 0.6 is 15.9 Å². The Kier molecular flexibility index (Phi) is 2.12. The fourth-order valence-corrected chi connectivity index (χ4v) is 0. The Labute approximate surface area is 48.1 Å². The molecular weight excluding hydrogens is 140 g/mol. The van der Waals surface area contributed by atoms with E-state index in [0.717, 1.165) is 0 Å². The molecule has 0 saturated carbocycles. The minimum Gasteiger partial charge on any atom is -0.0859 e. The van der Waals surface area contributed by atoms with Crippen molar-refractivity contribution in [3.05, 3.63) is 0 Å². The normalized spacial score (nSPS) is 12.0. The number of rotatable bonds is 1. The molecule has 0 radical (unpaired) electrons. The van der Waals surface area contributed by atoms with Crippen molar-refractivity contribution in [3.8, 4) is 0 Å². The molecule has 6 heavy (non-hydrogen) atoms. The maximum absolute atomic E-state index is 3.48. The third-order valence-electron chi connectivity index (χ3n) is 0.841. The van der Waals surface area contributed by atoms with Crippen LogP contribution in [0, 0.1) is 0 Å². The van der Waals surface area contributed by atoms with Crippen LogP contribution in [0.5, 0.6) is 0 Å². The van der Waals surface area contributed by atoms with E-state index < -0.39 is 0 Å². The molecule has 0 bridgehead atoms. The molecule has 0 aromatic carbocycles. The van der Waals surface area contributed by atoms with E-state index in [0.29, 0.717) is 4.32 Å². The van der Waals surface area contributed by atoms with Gasteiger partial charge in [-0.05, 0) is 6.42 Å². The Balaban J connectivity index is 3.17. The van der Waals surface area contributed by atoms with Crippen molar-refractivity contribution in [1.29, 1.82) is 0 Å². The lowest BCUT2D eigenvalue weighted by Crippen LogP contribution is -2.04. The second kappa shape index (κ2) is 1.97. The molecule has 38 valence electrons. The summed E-state index contributed by atoms with van der Waals surface area (Å²) in [6.07, 6.45) is 1.19. The summed E-state index contributed by atoms with van der Waals surface area (Å²) in [5.41, 5.74) is 0. The Hall–Kier alpha value is 0.480. The minimum atomic E-state index is 0.354. The van der Waals surface area contributed by atoms with Gasteiger partial charge in [0.15, 0.2) is 0 Å². The molecular formula is C5H11Br. The fourth-order valence-electron chi connectivity index (χ4n) is 0. The van der Waals surface area contributed by atoms with Gasteiger partial charge in [-0.2, -0.15) is 0 Å². The third kappa shape index (κ3) is 4.48. The summed E-state index contributed by atoms with van der Waals surface area (Å²) in [5.74, 6) is 0. The van der Waals surface area contributed by atoms with Crippen molar-refractivity contribution in [2.24, 2.45) is 0 Å². The van der Waals surface area contributed by atoms with Crippen molar-refractivity contribution >= 4 is 15.9 Å². The molecule has 0 fully saturated rings. The van der Waals surface area contributed by atoms with Gasteiger partial charge >= 0.3 is 0 Å². The summed E-state index contributed by atoms with van der Waals surface area (Å²) in [7, 11) is 0. The van der Waals surface area contributed by atoms with Crippen molar-refractivity contribution in [2.45, 2.75) is 31.5 Å². The molecule has 0 aliphatic heterocycles. The maximum atomic E-state index is 3.48. The molecule has 0 aliphatic carbocycles. The Morgan fingerprint density at radius 1 is 1.50 bits per heavy atom. The van der Waals surface area contributed by atoms with Crippen LogP contribution in [-0.4, -0.2) is 4.32 Å². The molecule has 0 saturated heterocycles. The van der Waals surface area contributed by atoms with E-state index in [1.54, 1.807) is 0 Å². The maximum Gasteiger partial charge on any atom is 0.0199 e. The highest BCUT2D eigenvalue weighted by atomic mass is 79.9. The predicted molar refractivity (Wildman–Crippen MR) is 33.3 cm³/mol. The summed E-state index contributed by atoms with van der Waals surface area (Å²) in [6.45, 7) is 6.48. The molecule has 0 rings (SSSR count). The molecule has 0 aromatic heterocycles. The standard InChI is InChI=1S/C5H11Br/c1-4-5(2,3)6/h4H2,1-3H3. The van der Waals surface area contributed by atoms with Crippen LogP contribution in [0.15, 0.2) is 0 Å². The first-order chi connectivity index (χ1) is 2.56. The highest BCUT2D eigenvalue weighted by molar-refractivity contribution is 9.10. The van der Waals surface area contributed by atoms with Gasteiger partial charge in [0, 0.05) is 4.32 Å². The lowest BCUT2D eigenvalue weighted by molar-refractivity contribution is 0.701. The average molecular weight is 151 g/mol. The first kappa shape index (κ1) is 6.48. The Bertz CT molecular complexity index is 33.7. The van der Waals surface area contributed by atoms with Gasteiger partial charge in [0.2, 0.25) is 0 Å². The Morgan fingerprint density at radius 2 is 1.67 bits per heavy atom. The summed E-state index contributed by atoms with van der Waals surface area (Å²) in [4.78, 5) is 0. The smallest absolute Gasteiger partial charge is 0.0199 e. The van der Waals surface area contributed by atoms with E-state index in [1.807, 2.05) is 0 Å². The van der Waals surface area contributed by atoms with Crippen LogP contribution in [0.1, 0.15) is 27.2 Å². The van der Waals surface area contributed by atoms with Crippen LogP contribution < -0.4 is 0 Å². The van der Waals surface area contributed by atoms with Crippen molar-refractivity contribution in [3.63, 3.8) is 0 Å². The summed E-state index contributed by atoms with van der Waals surface area (Å²) in [5, 5.41) is 0. The zero-order valence-corrected chi connectivity index (χ0v) is 6.17. The fraction of sp³-hybridized carbons (Fsp3) is 1.00. The van der Waals surface area contributed by atoms with Crippen LogP contribution in [-0.2, 0) is 0 Å². The monoisotopic (exact) mass is 150 g/mol. The average Bonchev–Trinajstić information content (AvgIpc) is 1.35. The molecule has 0 spiro atoms. The summed E-state index contributed by atoms with van der Waals surface area (Å²) in [6, 6.07) is 0. The van der Waals surface area contributed by atoms with Crippen molar-refractivity contribution in [2.75, 3.05) is 0 Å². The van der Waals surface area contributed by atoms with Crippen LogP contribution in [0.2, 0.25) is 0 Å². The van der Waals surface area contributed by atoms with E-state index in [2.05, 4.69) is 36.7 Å². The first-order valence-electron chi connectivity index (χ1n) is 2.25. The van der Waals surface area contributed by atoms with E-state index in [4.69, 9.17) is 0 Å². The SMILES string of the molecule is CCC(C)(C)Br. The lowest BCUT2D eigenvalue weighted by Gasteiger charge is -2.09. The molecule has 0 N–H and O–H groups in total. The van der Waals surface area contributed by atoms with E-state index >= 15 is 0 Å². The molecule has 0 aromatic rings. The van der Waals surface area contributed by atoms with E-state index in [1.165, 1.54) is 6.42 Å². The van der Waals surface area contributed by atoms with Gasteiger partial charge in [0.25, 0.3) is 0 Å². The van der Waals surface area contributed by atoms with Gasteiger partial charge in [-0.15, -0.1) is 0 Å². The molecule has 0 aliphatic rings. The van der Waals surface area contributed by atoms with E-state index in [9.17, 15) is 0 Å². The second-order valence-electron chi connectivity index (χ2n) is 2.07. The number of alkyl halides is 1. The number of hydrogen-bond donors (Lipinski definition) is 0. The third-order valence-corrected chi connectivity index (χ3v) is 1.40. The van der Waals surface area contributed by atoms with E-state index in [-0.39, 0.29) is 0 Å². The predicted octanol–water partition coefficient (Wildman–Crippen LogP) is 2.57. The summed E-state index contributed by atoms with van der Waals surface area (Å²) >= 11 is 3.48. The second-order valence-corrected chi connectivity index (χ2v) is 4.22. The molecule has 0 unspecified atom stereocenters. The van der Waals surface area contributed by atoms with Crippen LogP contribution in [0.25, 0.3) is 0 Å². The van der Waals surface area contributed by atoms with Gasteiger partial charge in [-0.3, -0.25) is 0 Å². The minimum absolute atomic E-state index is 0.354. The summed E-state index contributed by atoms with van der Waals surface area (Å²) < 4.78 is 0.354. The van der Waals surface area contributed by atoms with Crippen molar-refractivity contribution < 1.29 is 0 Å². The molecule has 0 atom stereocenters. The quantitative estimate of drug-likeness (QED) is 0.505. The zero-order valence-electron chi connectivity index (χ0n) is 4.59. The highest BCUT2D eigenvalue weighted by Gasteiger charge is 2.06. The molecule has 0 nitrogen and oxygen atoms in total. The van der Waals surface area contributed by atoms with Gasteiger partial charge in [-0.1, -0.05) is 36.7 Å².